The highest BCUT2D eigenvalue weighted by atomic mass is 16.8. The van der Waals surface area contributed by atoms with E-state index in [9.17, 15) is 0 Å². The van der Waals surface area contributed by atoms with Gasteiger partial charge in [-0.1, -0.05) is 127 Å². The normalized spacial score (nSPS) is 19.8. The van der Waals surface area contributed by atoms with Crippen LogP contribution in [0.25, 0.3) is 22.8 Å². The number of nitrogens with zero attached hydrogens (tertiary/aromatic N) is 4. The average Bonchev–Trinajstić information content (AvgIpc) is 3.78. The van der Waals surface area contributed by atoms with Gasteiger partial charge < -0.3 is 23.7 Å². The Kier molecular flexibility index (Phi) is 15.8. The minimum absolute atomic E-state index is 0.344. The van der Waals surface area contributed by atoms with Gasteiger partial charge in [-0.05, 0) is 75.6 Å². The minimum atomic E-state index is -0.729. The van der Waals surface area contributed by atoms with Crippen LogP contribution in [-0.4, -0.2) is 56.9 Å². The molecule has 0 radical (unpaired) electrons. The van der Waals surface area contributed by atoms with E-state index in [0.717, 1.165) is 35.1 Å². The number of aryl methyl sites for hydroxylation is 2. The van der Waals surface area contributed by atoms with E-state index in [0.29, 0.717) is 24.9 Å². The van der Waals surface area contributed by atoms with Gasteiger partial charge in [0.1, 0.15) is 24.4 Å². The van der Waals surface area contributed by atoms with Crippen molar-refractivity contribution in [2.45, 2.75) is 167 Å². The van der Waals surface area contributed by atoms with Crippen molar-refractivity contribution in [3.05, 3.63) is 95.6 Å². The second-order valence-electron chi connectivity index (χ2n) is 16.8. The molecule has 9 heteroatoms. The summed E-state index contributed by atoms with van der Waals surface area (Å²) in [5.74, 6) is -0.0397. The third-order valence-corrected chi connectivity index (χ3v) is 11.1. The first-order valence-corrected chi connectivity index (χ1v) is 21.7. The number of rotatable bonds is 22. The highest BCUT2D eigenvalue weighted by Crippen LogP contribution is 2.41. The topological polar surface area (TPSA) is 97.7 Å². The molecule has 0 spiro atoms. The summed E-state index contributed by atoms with van der Waals surface area (Å²) in [6, 6.07) is 16.6. The molecule has 0 amide bonds. The zero-order valence-electron chi connectivity index (χ0n) is 35.4. The number of aromatic nitrogens is 4. The number of ether oxygens (including phenoxy) is 5. The lowest BCUT2D eigenvalue weighted by Crippen LogP contribution is -2.33. The van der Waals surface area contributed by atoms with Gasteiger partial charge in [-0.25, -0.2) is 19.9 Å². The molecule has 4 aromatic rings. The van der Waals surface area contributed by atoms with Crippen LogP contribution >= 0.6 is 0 Å². The van der Waals surface area contributed by atoms with E-state index in [2.05, 4.69) is 62.4 Å². The van der Waals surface area contributed by atoms with Crippen LogP contribution < -0.4 is 0 Å². The maximum Gasteiger partial charge on any atom is 0.163 e. The molecule has 0 N–H and O–H groups in total. The maximum absolute atomic E-state index is 7.16. The van der Waals surface area contributed by atoms with Crippen LogP contribution in [0.4, 0.5) is 0 Å². The van der Waals surface area contributed by atoms with Gasteiger partial charge in [0.2, 0.25) is 0 Å². The molecule has 2 aromatic heterocycles. The van der Waals surface area contributed by atoms with Crippen LogP contribution in [-0.2, 0) is 36.5 Å². The summed E-state index contributed by atoms with van der Waals surface area (Å²) in [4.78, 5) is 18.9. The molecule has 0 bridgehead atoms. The van der Waals surface area contributed by atoms with Gasteiger partial charge in [-0.3, -0.25) is 0 Å². The summed E-state index contributed by atoms with van der Waals surface area (Å²) in [5, 5.41) is 0. The third kappa shape index (κ3) is 12.7. The molecule has 6 rings (SSSR count). The molecule has 2 aromatic carbocycles. The first-order chi connectivity index (χ1) is 27.6. The van der Waals surface area contributed by atoms with E-state index in [1.54, 1.807) is 0 Å². The predicted octanol–water partition coefficient (Wildman–Crippen LogP) is 11.5. The molecule has 57 heavy (non-hydrogen) atoms. The Morgan fingerprint density at radius 2 is 0.877 bits per heavy atom. The first kappa shape index (κ1) is 43.0. The van der Waals surface area contributed by atoms with Crippen molar-refractivity contribution in [2.75, 3.05) is 13.2 Å². The Hall–Kier alpha value is -3.60. The van der Waals surface area contributed by atoms with Gasteiger partial charge in [0, 0.05) is 35.9 Å². The zero-order chi connectivity index (χ0) is 40.1. The molecule has 2 fully saturated rings. The lowest BCUT2D eigenvalue weighted by molar-refractivity contribution is -0.187. The molecule has 9 nitrogen and oxygen atoms in total. The molecule has 308 valence electrons. The Balaban J connectivity index is 1.17. The van der Waals surface area contributed by atoms with Gasteiger partial charge in [-0.15, -0.1) is 0 Å². The van der Waals surface area contributed by atoms with E-state index >= 15 is 0 Å². The highest BCUT2D eigenvalue weighted by Gasteiger charge is 2.44. The van der Waals surface area contributed by atoms with Crippen molar-refractivity contribution >= 4 is 0 Å². The van der Waals surface area contributed by atoms with Gasteiger partial charge in [-0.2, -0.15) is 0 Å². The SMILES string of the molecule is CCCCCCCCc1cnc(-c2ccc(C(OC(c3ccc(-c4ncc(CCCCCCCC)cn4)cc3)C3COC(C)(C)O3)C3COC(C)(C)O3)cc2)nc1. The van der Waals surface area contributed by atoms with E-state index < -0.39 is 23.8 Å². The summed E-state index contributed by atoms with van der Waals surface area (Å²) < 4.78 is 32.3. The fourth-order valence-electron chi connectivity index (χ4n) is 7.78. The Bertz CT molecular complexity index is 1630. The Morgan fingerprint density at radius 1 is 0.526 bits per heavy atom. The van der Waals surface area contributed by atoms with Crippen LogP contribution in [0.2, 0.25) is 0 Å². The minimum Gasteiger partial charge on any atom is -0.360 e. The van der Waals surface area contributed by atoms with E-state index in [-0.39, 0.29) is 12.2 Å². The molecule has 2 saturated heterocycles. The lowest BCUT2D eigenvalue weighted by atomic mass is 9.99. The van der Waals surface area contributed by atoms with Gasteiger partial charge in [0.05, 0.1) is 13.2 Å². The van der Waals surface area contributed by atoms with Gasteiger partial charge in [0.15, 0.2) is 23.2 Å². The molecule has 4 heterocycles. The highest BCUT2D eigenvalue weighted by molar-refractivity contribution is 5.56. The number of hydrogen-bond acceptors (Lipinski definition) is 9. The molecule has 2 aliphatic heterocycles. The summed E-state index contributed by atoms with van der Waals surface area (Å²) in [7, 11) is 0. The standard InChI is InChI=1S/C48H66N4O5/c1-7-9-11-13-15-17-19-35-29-49-45(50-30-35)39-25-21-37(22-26-39)43(41-33-53-47(3,4)56-41)55-44(42-34-54-48(5,6)57-42)38-23-27-40(28-24-38)46-51-31-36(32-52-46)20-18-16-14-12-10-8-2/h21-32,41-44H,7-20,33-34H2,1-6H3. The van der Waals surface area contributed by atoms with Crippen LogP contribution in [0.15, 0.2) is 73.3 Å². The number of unbranched alkanes of at least 4 members (excludes halogenated alkanes) is 10. The van der Waals surface area contributed by atoms with E-state index in [1.807, 2.05) is 52.5 Å². The monoisotopic (exact) mass is 779 g/mol. The van der Waals surface area contributed by atoms with E-state index in [4.69, 9.17) is 43.6 Å². The smallest absolute Gasteiger partial charge is 0.163 e. The van der Waals surface area contributed by atoms with Crippen molar-refractivity contribution in [3.63, 3.8) is 0 Å². The second-order valence-corrected chi connectivity index (χ2v) is 16.8. The van der Waals surface area contributed by atoms with Gasteiger partial charge >= 0.3 is 0 Å². The maximum atomic E-state index is 7.16. The summed E-state index contributed by atoms with van der Waals surface area (Å²) in [6.07, 6.45) is 23.6. The number of benzene rings is 2. The van der Waals surface area contributed by atoms with Crippen LogP contribution in [0, 0.1) is 0 Å². The molecular weight excluding hydrogens is 713 g/mol. The largest absolute Gasteiger partial charge is 0.360 e. The summed E-state index contributed by atoms with van der Waals surface area (Å²) >= 11 is 0. The first-order valence-electron chi connectivity index (χ1n) is 21.7. The van der Waals surface area contributed by atoms with Crippen molar-refractivity contribution in [1.82, 2.24) is 19.9 Å². The Morgan fingerprint density at radius 3 is 1.21 bits per heavy atom. The van der Waals surface area contributed by atoms with Crippen LogP contribution in [0.3, 0.4) is 0 Å². The fourth-order valence-corrected chi connectivity index (χ4v) is 7.78. The lowest BCUT2D eigenvalue weighted by Gasteiger charge is -2.32. The Labute approximate surface area is 341 Å². The molecule has 2 aliphatic rings. The molecule has 0 aliphatic carbocycles. The quantitative estimate of drug-likeness (QED) is 0.0722. The van der Waals surface area contributed by atoms with E-state index in [1.165, 1.54) is 88.2 Å². The molecule has 4 atom stereocenters. The van der Waals surface area contributed by atoms with Gasteiger partial charge in [0.25, 0.3) is 0 Å². The summed E-state index contributed by atoms with van der Waals surface area (Å²) in [6.45, 7) is 13.1. The van der Waals surface area contributed by atoms with Crippen LogP contribution in [0.1, 0.15) is 153 Å². The second kappa shape index (κ2) is 20.9. The average molecular weight is 779 g/mol. The fraction of sp³-hybridized carbons (Fsp3) is 0.583. The van der Waals surface area contributed by atoms with Crippen molar-refractivity contribution < 1.29 is 23.7 Å². The molecule has 0 saturated carbocycles. The van der Waals surface area contributed by atoms with Crippen molar-refractivity contribution in [3.8, 4) is 22.8 Å². The molecule has 4 unspecified atom stereocenters. The molecular formula is C48H66N4O5. The zero-order valence-corrected chi connectivity index (χ0v) is 35.4. The van der Waals surface area contributed by atoms with Crippen molar-refractivity contribution in [1.29, 1.82) is 0 Å². The predicted molar refractivity (Wildman–Crippen MR) is 225 cm³/mol. The number of hydrogen-bond donors (Lipinski definition) is 0. The van der Waals surface area contributed by atoms with Crippen LogP contribution in [0.5, 0.6) is 0 Å². The summed E-state index contributed by atoms with van der Waals surface area (Å²) in [5.41, 5.74) is 6.21. The third-order valence-electron chi connectivity index (χ3n) is 11.1. The van der Waals surface area contributed by atoms with Crippen molar-refractivity contribution in [2.24, 2.45) is 0 Å².